The lowest BCUT2D eigenvalue weighted by Crippen LogP contribution is -2.24. The molecule has 3 heteroatoms. The largest absolute Gasteiger partial charge is 0.310 e. The quantitative estimate of drug-likeness (QED) is 0.668. The maximum absolute atomic E-state index is 11.6. The van der Waals surface area contributed by atoms with Crippen molar-refractivity contribution in [2.75, 3.05) is 11.9 Å². The molecule has 0 aliphatic rings. The van der Waals surface area contributed by atoms with Crippen LogP contribution in [0.5, 0.6) is 0 Å². The van der Waals surface area contributed by atoms with E-state index in [-0.39, 0.29) is 5.91 Å². The highest BCUT2D eigenvalue weighted by Gasteiger charge is 2.06. The number of allylic oxidation sites excluding steroid dienone is 1. The van der Waals surface area contributed by atoms with E-state index in [1.165, 1.54) is 0 Å². The number of pyridine rings is 1. The zero-order chi connectivity index (χ0) is 10.6. The van der Waals surface area contributed by atoms with Gasteiger partial charge in [-0.25, -0.2) is 0 Å². The number of carbonyl (C=O) groups excluding carboxylic acids is 1. The normalized spacial score (nSPS) is 9.36. The van der Waals surface area contributed by atoms with Crippen LogP contribution in [-0.2, 0) is 4.79 Å². The summed E-state index contributed by atoms with van der Waals surface area (Å²) in [5, 5.41) is 0. The molecule has 0 aromatic carbocycles. The Morgan fingerprint density at radius 2 is 2.21 bits per heavy atom. The van der Waals surface area contributed by atoms with Crippen molar-refractivity contribution in [2.24, 2.45) is 0 Å². The second kappa shape index (κ2) is 4.56. The summed E-state index contributed by atoms with van der Waals surface area (Å²) < 4.78 is 0. The third-order valence-electron chi connectivity index (χ3n) is 1.78. The first-order valence-corrected chi connectivity index (χ1v) is 4.44. The molecule has 0 fully saturated rings. The second-order valence-corrected chi connectivity index (χ2v) is 3.33. The van der Waals surface area contributed by atoms with E-state index in [1.807, 2.05) is 26.0 Å². The van der Waals surface area contributed by atoms with E-state index < -0.39 is 0 Å². The Morgan fingerprint density at radius 3 is 2.71 bits per heavy atom. The van der Waals surface area contributed by atoms with Crippen LogP contribution in [0, 0.1) is 0 Å². The third kappa shape index (κ3) is 2.69. The molecule has 0 bridgehead atoms. The molecule has 0 aliphatic carbocycles. The number of nitrogens with zero attached hydrogens (tertiary/aromatic N) is 2. The van der Waals surface area contributed by atoms with Crippen molar-refractivity contribution in [3.8, 4) is 0 Å². The molecule has 1 amide bonds. The number of carbonyl (C=O) groups is 1. The monoisotopic (exact) mass is 190 g/mol. The maximum atomic E-state index is 11.6. The van der Waals surface area contributed by atoms with Crippen molar-refractivity contribution >= 4 is 11.6 Å². The molecule has 0 aliphatic heterocycles. The lowest BCUT2D eigenvalue weighted by molar-refractivity contribution is -0.113. The van der Waals surface area contributed by atoms with Crippen LogP contribution in [0.1, 0.15) is 13.8 Å². The standard InChI is InChI=1S/C11H14N2O/c1-9(2)7-11(14)13(3)10-5-4-6-12-8-10/h4-8H,1-3H3. The zero-order valence-corrected chi connectivity index (χ0v) is 8.69. The lowest BCUT2D eigenvalue weighted by Gasteiger charge is -2.14. The molecule has 74 valence electrons. The molecule has 1 aromatic heterocycles. The van der Waals surface area contributed by atoms with Gasteiger partial charge in [0.25, 0.3) is 5.91 Å². The zero-order valence-electron chi connectivity index (χ0n) is 8.69. The predicted octanol–water partition coefficient (Wildman–Crippen LogP) is 2.01. The Bertz CT molecular complexity index is 340. The second-order valence-electron chi connectivity index (χ2n) is 3.33. The van der Waals surface area contributed by atoms with Crippen molar-refractivity contribution in [2.45, 2.75) is 13.8 Å². The predicted molar refractivity (Wildman–Crippen MR) is 57.1 cm³/mol. The van der Waals surface area contributed by atoms with Gasteiger partial charge in [0.2, 0.25) is 0 Å². The van der Waals surface area contributed by atoms with E-state index in [0.717, 1.165) is 11.3 Å². The minimum Gasteiger partial charge on any atom is -0.310 e. The fourth-order valence-electron chi connectivity index (χ4n) is 1.02. The molecule has 0 spiro atoms. The van der Waals surface area contributed by atoms with E-state index in [0.29, 0.717) is 0 Å². The Kier molecular flexibility index (Phi) is 3.40. The molecule has 1 heterocycles. The Morgan fingerprint density at radius 1 is 1.50 bits per heavy atom. The van der Waals surface area contributed by atoms with Gasteiger partial charge in [-0.15, -0.1) is 0 Å². The van der Waals surface area contributed by atoms with Crippen LogP contribution in [0.3, 0.4) is 0 Å². The van der Waals surface area contributed by atoms with Crippen molar-refractivity contribution in [1.29, 1.82) is 0 Å². The molecule has 1 rings (SSSR count). The highest BCUT2D eigenvalue weighted by atomic mass is 16.2. The van der Waals surface area contributed by atoms with Gasteiger partial charge < -0.3 is 4.90 Å². The van der Waals surface area contributed by atoms with Gasteiger partial charge in [0.1, 0.15) is 0 Å². The third-order valence-corrected chi connectivity index (χ3v) is 1.78. The van der Waals surface area contributed by atoms with Gasteiger partial charge in [0, 0.05) is 19.3 Å². The van der Waals surface area contributed by atoms with Gasteiger partial charge in [-0.1, -0.05) is 5.57 Å². The molecule has 3 nitrogen and oxygen atoms in total. The minimum atomic E-state index is -0.0296. The summed E-state index contributed by atoms with van der Waals surface area (Å²) >= 11 is 0. The van der Waals surface area contributed by atoms with Crippen LogP contribution in [0.15, 0.2) is 36.2 Å². The lowest BCUT2D eigenvalue weighted by atomic mass is 10.3. The van der Waals surface area contributed by atoms with Crippen LogP contribution < -0.4 is 4.90 Å². The number of aromatic nitrogens is 1. The highest BCUT2D eigenvalue weighted by molar-refractivity contribution is 6.01. The van der Waals surface area contributed by atoms with E-state index in [9.17, 15) is 4.79 Å². The van der Waals surface area contributed by atoms with E-state index in [4.69, 9.17) is 0 Å². The Balaban J connectivity index is 2.81. The van der Waals surface area contributed by atoms with Crippen molar-refractivity contribution in [3.63, 3.8) is 0 Å². The number of anilines is 1. The molecular weight excluding hydrogens is 176 g/mol. The topological polar surface area (TPSA) is 33.2 Å². The first kappa shape index (κ1) is 10.4. The van der Waals surface area contributed by atoms with Gasteiger partial charge in [0.15, 0.2) is 0 Å². The first-order valence-electron chi connectivity index (χ1n) is 4.44. The Hall–Kier alpha value is -1.64. The highest BCUT2D eigenvalue weighted by Crippen LogP contribution is 2.10. The van der Waals surface area contributed by atoms with Crippen molar-refractivity contribution < 1.29 is 4.79 Å². The fraction of sp³-hybridized carbons (Fsp3) is 0.273. The van der Waals surface area contributed by atoms with Gasteiger partial charge in [-0.2, -0.15) is 0 Å². The summed E-state index contributed by atoms with van der Waals surface area (Å²) in [5.74, 6) is -0.0296. The van der Waals surface area contributed by atoms with Crippen LogP contribution >= 0.6 is 0 Å². The number of hydrogen-bond acceptors (Lipinski definition) is 2. The molecule has 1 aromatic rings. The summed E-state index contributed by atoms with van der Waals surface area (Å²) in [6, 6.07) is 3.66. The smallest absolute Gasteiger partial charge is 0.250 e. The van der Waals surface area contributed by atoms with Gasteiger partial charge in [0.05, 0.1) is 11.9 Å². The SMILES string of the molecule is CC(C)=CC(=O)N(C)c1cccnc1. The maximum Gasteiger partial charge on any atom is 0.250 e. The molecule has 0 saturated heterocycles. The molecular formula is C11H14N2O. The van der Waals surface area contributed by atoms with Crippen molar-refractivity contribution in [3.05, 3.63) is 36.2 Å². The number of rotatable bonds is 2. The van der Waals surface area contributed by atoms with Crippen molar-refractivity contribution in [1.82, 2.24) is 4.98 Å². The van der Waals surface area contributed by atoms with E-state index >= 15 is 0 Å². The summed E-state index contributed by atoms with van der Waals surface area (Å²) in [7, 11) is 1.73. The average molecular weight is 190 g/mol. The minimum absolute atomic E-state index is 0.0296. The fourth-order valence-corrected chi connectivity index (χ4v) is 1.02. The molecule has 0 atom stereocenters. The molecule has 0 unspecified atom stereocenters. The van der Waals surface area contributed by atoms with Gasteiger partial charge >= 0.3 is 0 Å². The van der Waals surface area contributed by atoms with Crippen LogP contribution in [0.2, 0.25) is 0 Å². The molecule has 14 heavy (non-hydrogen) atoms. The van der Waals surface area contributed by atoms with Gasteiger partial charge in [-0.05, 0) is 26.0 Å². The van der Waals surface area contributed by atoms with Crippen LogP contribution in [0.4, 0.5) is 5.69 Å². The molecule has 0 saturated carbocycles. The van der Waals surface area contributed by atoms with Gasteiger partial charge in [-0.3, -0.25) is 9.78 Å². The number of hydrogen-bond donors (Lipinski definition) is 0. The number of likely N-dealkylation sites (N-methyl/N-ethyl adjacent to an activating group) is 1. The molecule has 0 N–H and O–H groups in total. The van der Waals surface area contributed by atoms with E-state index in [1.54, 1.807) is 30.4 Å². The summed E-state index contributed by atoms with van der Waals surface area (Å²) in [5.41, 5.74) is 1.79. The Labute approximate surface area is 84.1 Å². The average Bonchev–Trinajstić information content (AvgIpc) is 2.17. The van der Waals surface area contributed by atoms with Crippen LogP contribution in [0.25, 0.3) is 0 Å². The summed E-state index contributed by atoms with van der Waals surface area (Å²) in [6.07, 6.45) is 4.95. The molecule has 0 radical (unpaired) electrons. The summed E-state index contributed by atoms with van der Waals surface area (Å²) in [4.78, 5) is 17.1. The van der Waals surface area contributed by atoms with E-state index in [2.05, 4.69) is 4.98 Å². The first-order chi connectivity index (χ1) is 6.61. The van der Waals surface area contributed by atoms with Crippen LogP contribution in [-0.4, -0.2) is 17.9 Å². The summed E-state index contributed by atoms with van der Waals surface area (Å²) in [6.45, 7) is 3.80. The number of amides is 1.